The van der Waals surface area contributed by atoms with E-state index in [0.717, 1.165) is 16.6 Å². The summed E-state index contributed by atoms with van der Waals surface area (Å²) in [6.45, 7) is 4.38. The van der Waals surface area contributed by atoms with E-state index in [1.807, 2.05) is 0 Å². The van der Waals surface area contributed by atoms with Crippen molar-refractivity contribution in [3.63, 3.8) is 0 Å². The Balaban J connectivity index is 1.58. The summed E-state index contributed by atoms with van der Waals surface area (Å²) >= 11 is 0. The zero-order valence-corrected chi connectivity index (χ0v) is 31.3. The maximum Gasteiger partial charge on any atom is 0.139 e. The van der Waals surface area contributed by atoms with Crippen LogP contribution in [-0.4, -0.2) is 78.5 Å². The first-order valence-electron chi connectivity index (χ1n) is 17.7. The minimum Gasteiger partial charge on any atom is -0.456 e. The summed E-state index contributed by atoms with van der Waals surface area (Å²) in [5.74, 6) is 0. The highest BCUT2D eigenvalue weighted by Gasteiger charge is 2.22. The molecular weight excluding hydrogens is 581 g/mol. The molecule has 6 aromatic carbocycles. The summed E-state index contributed by atoms with van der Waals surface area (Å²) in [5, 5.41) is 7.42. The number of furan rings is 1. The molecule has 7 aromatic rings. The van der Waals surface area contributed by atoms with Crippen molar-refractivity contribution in [2.45, 2.75) is 13.8 Å². The van der Waals surface area contributed by atoms with E-state index < -0.39 is 0 Å². The van der Waals surface area contributed by atoms with Gasteiger partial charge in [0.2, 0.25) is 0 Å². The van der Waals surface area contributed by atoms with Crippen LogP contribution in [0.15, 0.2) is 65.1 Å². The lowest BCUT2D eigenvalue weighted by atomic mass is 9.59. The van der Waals surface area contributed by atoms with Crippen LogP contribution in [0.5, 0.6) is 0 Å². The van der Waals surface area contributed by atoms with Crippen molar-refractivity contribution in [1.29, 1.82) is 0 Å². The zero-order chi connectivity index (χ0) is 35.0. The normalized spacial score (nSPS) is 12.5. The van der Waals surface area contributed by atoms with E-state index in [-0.39, 0.29) is 0 Å². The Hall–Kier alpha value is -4.23. The molecule has 0 aliphatic heterocycles. The van der Waals surface area contributed by atoms with Gasteiger partial charge in [0, 0.05) is 10.8 Å². The average molecular weight is 619 g/mol. The van der Waals surface area contributed by atoms with Crippen molar-refractivity contribution in [2.24, 2.45) is 0 Å². The van der Waals surface area contributed by atoms with Gasteiger partial charge >= 0.3 is 0 Å². The molecule has 0 aliphatic rings. The Bertz CT molecular complexity index is 2630. The highest BCUT2D eigenvalue weighted by atomic mass is 16.3. The third-order valence-electron chi connectivity index (χ3n) is 12.2. The fraction of sp³-hybridized carbons (Fsp3) is 0.0526. The van der Waals surface area contributed by atoms with Gasteiger partial charge in [-0.15, -0.1) is 32.8 Å². The Labute approximate surface area is 299 Å². The van der Waals surface area contributed by atoms with Gasteiger partial charge in [-0.2, -0.15) is 0 Å². The first kappa shape index (κ1) is 33.3. The highest BCUT2D eigenvalue weighted by molar-refractivity contribution is 6.70. The van der Waals surface area contributed by atoms with Crippen LogP contribution in [0.3, 0.4) is 0 Å². The SMILES string of the molecule is Bc1c(B)c(B)c(-c2ccc3c(c2)oc2cccc(-c4c(=C/C)/c(=C\C)c(-c5c(B)c(B)c(B)c(B)c5B)c5ccccc45)c23)c(B)c1B. The number of fused-ring (bicyclic) bond motifs is 4. The van der Waals surface area contributed by atoms with E-state index in [9.17, 15) is 0 Å². The Kier molecular flexibility index (Phi) is 8.33. The van der Waals surface area contributed by atoms with Gasteiger partial charge in [0.05, 0.1) is 0 Å². The molecule has 0 amide bonds. The molecule has 1 nitrogen and oxygen atoms in total. The number of rotatable bonds is 3. The van der Waals surface area contributed by atoms with E-state index in [0.29, 0.717) is 0 Å². The molecule has 0 radical (unpaired) electrons. The standard InChI is InChI=1S/C38H38B10O/c1-3-16-17(4-2)27(28-31(41)35(45)38(48)36(46)32(28)42)19-9-6-5-8-18(19)25(16)21-10-7-11-22-26(21)20-13-12-15(14-23(20)49-22)24-29(39)33(43)37(47)34(44)30(24)40/h3-14H,39-48H2,1-2H3/b16-3+,17-4+. The van der Waals surface area contributed by atoms with Crippen LogP contribution in [0, 0.1) is 0 Å². The van der Waals surface area contributed by atoms with Crippen LogP contribution in [0.25, 0.3) is 78.2 Å². The monoisotopic (exact) mass is 620 g/mol. The Morgan fingerprint density at radius 2 is 0.918 bits per heavy atom. The quantitative estimate of drug-likeness (QED) is 0.180. The Morgan fingerprint density at radius 3 is 1.47 bits per heavy atom. The lowest BCUT2D eigenvalue weighted by Crippen LogP contribution is -2.55. The van der Waals surface area contributed by atoms with Gasteiger partial charge in [-0.05, 0) is 86.6 Å². The summed E-state index contributed by atoms with van der Waals surface area (Å²) in [6, 6.07) is 22.4. The molecule has 49 heavy (non-hydrogen) atoms. The second-order valence-corrected chi connectivity index (χ2v) is 14.2. The molecule has 1 aromatic heterocycles. The van der Waals surface area contributed by atoms with Crippen LogP contribution >= 0.6 is 0 Å². The van der Waals surface area contributed by atoms with Gasteiger partial charge in [0.25, 0.3) is 0 Å². The molecule has 0 spiro atoms. The maximum absolute atomic E-state index is 6.73. The van der Waals surface area contributed by atoms with E-state index in [2.05, 4.69) is 165 Å². The van der Waals surface area contributed by atoms with Gasteiger partial charge in [0.1, 0.15) is 89.6 Å². The molecule has 0 fully saturated rings. The van der Waals surface area contributed by atoms with Crippen molar-refractivity contribution in [2.75, 3.05) is 0 Å². The molecule has 0 unspecified atom stereocenters. The van der Waals surface area contributed by atoms with Gasteiger partial charge in [-0.25, -0.2) is 0 Å². The summed E-state index contributed by atoms with van der Waals surface area (Å²) in [6.07, 6.45) is 4.63. The smallest absolute Gasteiger partial charge is 0.139 e. The molecule has 0 saturated carbocycles. The predicted octanol–water partition coefficient (Wildman–Crippen LogP) is -8.07. The summed E-state index contributed by atoms with van der Waals surface area (Å²) in [7, 11) is 22.7. The van der Waals surface area contributed by atoms with E-state index >= 15 is 0 Å². The van der Waals surface area contributed by atoms with E-state index in [1.54, 1.807) is 0 Å². The first-order valence-corrected chi connectivity index (χ1v) is 17.7. The van der Waals surface area contributed by atoms with Gasteiger partial charge < -0.3 is 4.42 Å². The van der Waals surface area contributed by atoms with Crippen molar-refractivity contribution >= 4 is 178 Å². The molecule has 226 valence electrons. The third kappa shape index (κ3) is 4.83. The number of benzene rings is 6. The number of hydrogen-bond donors (Lipinski definition) is 0. The van der Waals surface area contributed by atoms with Crippen LogP contribution in [0.4, 0.5) is 0 Å². The summed E-state index contributed by atoms with van der Waals surface area (Å²) < 4.78 is 6.73. The molecular formula is C38H38B10O. The second kappa shape index (κ2) is 12.3. The van der Waals surface area contributed by atoms with Crippen LogP contribution in [-0.2, 0) is 0 Å². The topological polar surface area (TPSA) is 13.1 Å². The summed E-state index contributed by atoms with van der Waals surface area (Å²) in [4.78, 5) is 0. The molecule has 0 N–H and O–H groups in total. The minimum atomic E-state index is 0.920. The first-order chi connectivity index (χ1) is 23.4. The predicted molar refractivity (Wildman–Crippen MR) is 249 cm³/mol. The Morgan fingerprint density at radius 1 is 0.429 bits per heavy atom. The lowest BCUT2D eigenvalue weighted by molar-refractivity contribution is 0.669. The average Bonchev–Trinajstić information content (AvgIpc) is 3.49. The molecule has 1 heterocycles. The third-order valence-corrected chi connectivity index (χ3v) is 12.2. The molecule has 7 rings (SSSR count). The van der Waals surface area contributed by atoms with Crippen LogP contribution in [0.1, 0.15) is 13.8 Å². The molecule has 0 saturated heterocycles. The fourth-order valence-corrected chi connectivity index (χ4v) is 8.64. The van der Waals surface area contributed by atoms with E-state index in [1.165, 1.54) is 115 Å². The molecule has 0 atom stereocenters. The zero-order valence-electron chi connectivity index (χ0n) is 31.3. The maximum atomic E-state index is 6.73. The fourth-order valence-electron chi connectivity index (χ4n) is 8.64. The largest absolute Gasteiger partial charge is 0.456 e. The van der Waals surface area contributed by atoms with Gasteiger partial charge in [-0.1, -0.05) is 76.5 Å². The lowest BCUT2D eigenvalue weighted by Gasteiger charge is -2.23. The molecule has 0 bridgehead atoms. The van der Waals surface area contributed by atoms with Gasteiger partial charge in [0.15, 0.2) is 0 Å². The van der Waals surface area contributed by atoms with Gasteiger partial charge in [-0.3, -0.25) is 0 Å². The van der Waals surface area contributed by atoms with E-state index in [4.69, 9.17) is 4.42 Å². The second-order valence-electron chi connectivity index (χ2n) is 14.2. The van der Waals surface area contributed by atoms with Crippen molar-refractivity contribution in [3.05, 3.63) is 71.1 Å². The van der Waals surface area contributed by atoms with Crippen molar-refractivity contribution < 1.29 is 4.42 Å². The minimum absolute atomic E-state index is 0.920. The number of hydrogen-bond acceptors (Lipinski definition) is 1. The molecule has 11 heteroatoms. The van der Waals surface area contributed by atoms with Crippen LogP contribution in [0.2, 0.25) is 0 Å². The van der Waals surface area contributed by atoms with Crippen LogP contribution < -0.4 is 65.1 Å². The van der Waals surface area contributed by atoms with Crippen molar-refractivity contribution in [1.82, 2.24) is 0 Å². The van der Waals surface area contributed by atoms with Crippen molar-refractivity contribution in [3.8, 4) is 33.4 Å². The molecule has 0 aliphatic carbocycles. The summed E-state index contributed by atoms with van der Waals surface area (Å²) in [5.41, 5.74) is 23.3. The highest BCUT2D eigenvalue weighted by Crippen LogP contribution is 2.39.